The van der Waals surface area contributed by atoms with Crippen LogP contribution in [0.1, 0.15) is 29.9 Å². The second kappa shape index (κ2) is 6.88. The lowest BCUT2D eigenvalue weighted by molar-refractivity contribution is 0.102. The average Bonchev–Trinajstić information content (AvgIpc) is 2.49. The summed E-state index contributed by atoms with van der Waals surface area (Å²) in [7, 11) is 0. The van der Waals surface area contributed by atoms with Crippen LogP contribution in [-0.2, 0) is 0 Å². The SMILES string of the molecule is CCN(CC)c1ccc(C(=O)Nc2cccc(C)n2)cc1. The van der Waals surface area contributed by atoms with Gasteiger partial charge in [0.2, 0.25) is 0 Å². The van der Waals surface area contributed by atoms with Gasteiger partial charge in [-0.25, -0.2) is 4.98 Å². The fraction of sp³-hybridized carbons (Fsp3) is 0.294. The number of anilines is 2. The highest BCUT2D eigenvalue weighted by Crippen LogP contribution is 2.16. The van der Waals surface area contributed by atoms with Crippen molar-refractivity contribution < 1.29 is 4.79 Å². The van der Waals surface area contributed by atoms with Crippen molar-refractivity contribution in [3.8, 4) is 0 Å². The monoisotopic (exact) mass is 283 g/mol. The Morgan fingerprint density at radius 1 is 1.10 bits per heavy atom. The van der Waals surface area contributed by atoms with Crippen molar-refractivity contribution >= 4 is 17.4 Å². The first-order valence-corrected chi connectivity index (χ1v) is 7.24. The number of nitrogens with zero attached hydrogens (tertiary/aromatic N) is 2. The van der Waals surface area contributed by atoms with E-state index in [9.17, 15) is 4.79 Å². The van der Waals surface area contributed by atoms with E-state index in [1.165, 1.54) is 0 Å². The maximum absolute atomic E-state index is 12.2. The lowest BCUT2D eigenvalue weighted by Gasteiger charge is -2.21. The zero-order valence-electron chi connectivity index (χ0n) is 12.8. The first-order valence-electron chi connectivity index (χ1n) is 7.24. The number of carbonyl (C=O) groups is 1. The zero-order valence-corrected chi connectivity index (χ0v) is 12.8. The Morgan fingerprint density at radius 3 is 2.33 bits per heavy atom. The molecule has 0 spiro atoms. The predicted molar refractivity (Wildman–Crippen MR) is 86.9 cm³/mol. The lowest BCUT2D eigenvalue weighted by Crippen LogP contribution is -2.21. The minimum atomic E-state index is -0.140. The minimum Gasteiger partial charge on any atom is -0.372 e. The van der Waals surface area contributed by atoms with Gasteiger partial charge in [0.1, 0.15) is 5.82 Å². The molecule has 1 aromatic heterocycles. The number of hydrogen-bond donors (Lipinski definition) is 1. The van der Waals surface area contributed by atoms with Crippen molar-refractivity contribution in [3.63, 3.8) is 0 Å². The van der Waals surface area contributed by atoms with Crippen molar-refractivity contribution in [1.82, 2.24) is 4.98 Å². The molecule has 0 radical (unpaired) electrons. The number of carbonyl (C=O) groups excluding carboxylic acids is 1. The molecule has 0 bridgehead atoms. The van der Waals surface area contributed by atoms with Crippen molar-refractivity contribution in [2.75, 3.05) is 23.3 Å². The molecule has 1 amide bonds. The second-order valence-electron chi connectivity index (χ2n) is 4.84. The predicted octanol–water partition coefficient (Wildman–Crippen LogP) is 3.49. The summed E-state index contributed by atoms with van der Waals surface area (Å²) in [5, 5.41) is 2.81. The maximum Gasteiger partial charge on any atom is 0.256 e. The third-order valence-corrected chi connectivity index (χ3v) is 3.39. The smallest absolute Gasteiger partial charge is 0.256 e. The molecule has 0 aliphatic heterocycles. The van der Waals surface area contributed by atoms with Gasteiger partial charge < -0.3 is 10.2 Å². The molecule has 0 saturated heterocycles. The first kappa shape index (κ1) is 15.0. The standard InChI is InChI=1S/C17H21N3O/c1-4-20(5-2)15-11-9-14(10-12-15)17(21)19-16-8-6-7-13(3)18-16/h6-12H,4-5H2,1-3H3,(H,18,19,21). The Hall–Kier alpha value is -2.36. The quantitative estimate of drug-likeness (QED) is 0.913. The van der Waals surface area contributed by atoms with Crippen molar-refractivity contribution in [3.05, 3.63) is 53.7 Å². The van der Waals surface area contributed by atoms with Crippen LogP contribution in [0.4, 0.5) is 11.5 Å². The molecular weight excluding hydrogens is 262 g/mol. The number of pyridine rings is 1. The maximum atomic E-state index is 12.2. The van der Waals surface area contributed by atoms with Gasteiger partial charge in [0.25, 0.3) is 5.91 Å². The van der Waals surface area contributed by atoms with Crippen molar-refractivity contribution in [2.45, 2.75) is 20.8 Å². The summed E-state index contributed by atoms with van der Waals surface area (Å²) in [6.45, 7) is 8.04. The largest absolute Gasteiger partial charge is 0.372 e. The molecule has 2 aromatic rings. The fourth-order valence-electron chi connectivity index (χ4n) is 2.21. The molecule has 4 nitrogen and oxygen atoms in total. The van der Waals surface area contributed by atoms with Gasteiger partial charge in [-0.2, -0.15) is 0 Å². The molecule has 0 saturated carbocycles. The second-order valence-corrected chi connectivity index (χ2v) is 4.84. The highest BCUT2D eigenvalue weighted by molar-refractivity contribution is 6.03. The summed E-state index contributed by atoms with van der Waals surface area (Å²) in [6, 6.07) is 13.2. The number of hydrogen-bond acceptors (Lipinski definition) is 3. The van der Waals surface area contributed by atoms with Crippen LogP contribution in [0.2, 0.25) is 0 Å². The zero-order chi connectivity index (χ0) is 15.2. The molecule has 110 valence electrons. The molecule has 0 unspecified atom stereocenters. The number of nitrogens with one attached hydrogen (secondary N) is 1. The Labute approximate surface area is 125 Å². The number of benzene rings is 1. The molecule has 21 heavy (non-hydrogen) atoms. The highest BCUT2D eigenvalue weighted by atomic mass is 16.1. The van der Waals surface area contributed by atoms with E-state index < -0.39 is 0 Å². The topological polar surface area (TPSA) is 45.2 Å². The summed E-state index contributed by atoms with van der Waals surface area (Å²) in [5.74, 6) is 0.437. The molecule has 1 N–H and O–H groups in total. The molecule has 2 rings (SSSR count). The van der Waals surface area contributed by atoms with Crippen LogP contribution in [0, 0.1) is 6.92 Å². The summed E-state index contributed by atoms with van der Waals surface area (Å²) in [4.78, 5) is 18.7. The van der Waals surface area contributed by atoms with E-state index in [2.05, 4.69) is 29.0 Å². The molecule has 1 heterocycles. The van der Waals surface area contributed by atoms with E-state index in [4.69, 9.17) is 0 Å². The van der Waals surface area contributed by atoms with Crippen LogP contribution in [0.25, 0.3) is 0 Å². The van der Waals surface area contributed by atoms with E-state index >= 15 is 0 Å². The molecule has 0 atom stereocenters. The Balaban J connectivity index is 2.09. The van der Waals surface area contributed by atoms with Gasteiger partial charge in [-0.3, -0.25) is 4.79 Å². The number of amides is 1. The Kier molecular flexibility index (Phi) is 4.93. The minimum absolute atomic E-state index is 0.140. The number of aryl methyl sites for hydroxylation is 1. The van der Waals surface area contributed by atoms with Gasteiger partial charge >= 0.3 is 0 Å². The van der Waals surface area contributed by atoms with Crippen LogP contribution >= 0.6 is 0 Å². The van der Waals surface area contributed by atoms with Gasteiger partial charge in [0.05, 0.1) is 0 Å². The first-order chi connectivity index (χ1) is 10.1. The van der Waals surface area contributed by atoms with Gasteiger partial charge in [0.15, 0.2) is 0 Å². The van der Waals surface area contributed by atoms with Crippen LogP contribution in [0.3, 0.4) is 0 Å². The van der Waals surface area contributed by atoms with E-state index in [0.717, 1.165) is 24.5 Å². The summed E-state index contributed by atoms with van der Waals surface area (Å²) < 4.78 is 0. The van der Waals surface area contributed by atoms with Gasteiger partial charge in [0, 0.05) is 30.0 Å². The summed E-state index contributed by atoms with van der Waals surface area (Å²) in [6.07, 6.45) is 0. The Morgan fingerprint density at radius 2 is 1.76 bits per heavy atom. The molecule has 0 aliphatic rings. The molecular formula is C17H21N3O. The van der Waals surface area contributed by atoms with Crippen LogP contribution in [-0.4, -0.2) is 24.0 Å². The van der Waals surface area contributed by atoms with Gasteiger partial charge in [-0.1, -0.05) is 6.07 Å². The average molecular weight is 283 g/mol. The third-order valence-electron chi connectivity index (χ3n) is 3.39. The van der Waals surface area contributed by atoms with Gasteiger partial charge in [-0.15, -0.1) is 0 Å². The molecule has 0 fully saturated rings. The Bertz CT molecular complexity index is 604. The fourth-order valence-corrected chi connectivity index (χ4v) is 2.21. The number of rotatable bonds is 5. The van der Waals surface area contributed by atoms with E-state index in [0.29, 0.717) is 11.4 Å². The van der Waals surface area contributed by atoms with Crippen molar-refractivity contribution in [1.29, 1.82) is 0 Å². The van der Waals surface area contributed by atoms with Crippen molar-refractivity contribution in [2.24, 2.45) is 0 Å². The van der Waals surface area contributed by atoms with E-state index in [-0.39, 0.29) is 5.91 Å². The summed E-state index contributed by atoms with van der Waals surface area (Å²) >= 11 is 0. The van der Waals surface area contributed by atoms with E-state index in [1.54, 1.807) is 6.07 Å². The van der Waals surface area contributed by atoms with Crippen LogP contribution < -0.4 is 10.2 Å². The van der Waals surface area contributed by atoms with Crippen LogP contribution in [0.15, 0.2) is 42.5 Å². The van der Waals surface area contributed by atoms with Crippen LogP contribution in [0.5, 0.6) is 0 Å². The van der Waals surface area contributed by atoms with Gasteiger partial charge in [-0.05, 0) is 57.2 Å². The normalized spacial score (nSPS) is 10.2. The number of aromatic nitrogens is 1. The summed E-state index contributed by atoms with van der Waals surface area (Å²) in [5.41, 5.74) is 2.64. The highest BCUT2D eigenvalue weighted by Gasteiger charge is 2.08. The lowest BCUT2D eigenvalue weighted by atomic mass is 10.2. The molecule has 4 heteroatoms. The third kappa shape index (κ3) is 3.81. The molecule has 0 aliphatic carbocycles. The molecule has 1 aromatic carbocycles. The van der Waals surface area contributed by atoms with E-state index in [1.807, 2.05) is 43.3 Å².